The van der Waals surface area contributed by atoms with Gasteiger partial charge in [0.05, 0.1) is 17.8 Å². The first-order valence-corrected chi connectivity index (χ1v) is 11.7. The van der Waals surface area contributed by atoms with Crippen molar-refractivity contribution in [2.45, 2.75) is 51.0 Å². The van der Waals surface area contributed by atoms with Gasteiger partial charge in [-0.15, -0.1) is 0 Å². The van der Waals surface area contributed by atoms with E-state index in [1.54, 1.807) is 13.2 Å². The molecule has 0 saturated carbocycles. The predicted octanol–water partition coefficient (Wildman–Crippen LogP) is 6.00. The largest absolute Gasteiger partial charge is 0.495 e. The minimum atomic E-state index is -0.278. The summed E-state index contributed by atoms with van der Waals surface area (Å²) in [5.74, 6) is 0.658. The Balaban J connectivity index is 1.32. The standard InChI is InChI=1S/C27H31ClN2O3/c1-26(2,3)21-8-5-19(6-9-21)24(31)11-14-30-15-12-27(13-16-30)18-23(29-33-27)20-7-10-22(28)25(17-20)32-4/h5-11,14,17H,12-13,15-16,18H2,1-4H3. The number of rotatable bonds is 5. The fourth-order valence-electron chi connectivity index (χ4n) is 4.27. The van der Waals surface area contributed by atoms with Gasteiger partial charge in [-0.1, -0.05) is 67.9 Å². The quantitative estimate of drug-likeness (QED) is 0.400. The lowest BCUT2D eigenvalue weighted by molar-refractivity contribution is -0.0550. The van der Waals surface area contributed by atoms with Crippen LogP contribution in [0.2, 0.25) is 5.02 Å². The molecule has 1 saturated heterocycles. The van der Waals surface area contributed by atoms with E-state index in [-0.39, 0.29) is 16.8 Å². The Bertz CT molecular complexity index is 1080. The number of carbonyl (C=O) groups excluding carboxylic acids is 1. The summed E-state index contributed by atoms with van der Waals surface area (Å²) in [6, 6.07) is 13.6. The molecule has 0 N–H and O–H groups in total. The molecule has 174 valence electrons. The first-order valence-electron chi connectivity index (χ1n) is 11.4. The van der Waals surface area contributed by atoms with Crippen molar-refractivity contribution in [3.63, 3.8) is 0 Å². The van der Waals surface area contributed by atoms with Crippen LogP contribution in [0.4, 0.5) is 0 Å². The van der Waals surface area contributed by atoms with Crippen molar-refractivity contribution in [3.8, 4) is 5.75 Å². The lowest BCUT2D eigenvalue weighted by atomic mass is 9.85. The second-order valence-electron chi connectivity index (χ2n) is 9.88. The molecule has 2 aromatic carbocycles. The van der Waals surface area contributed by atoms with Gasteiger partial charge in [-0.25, -0.2) is 0 Å². The molecule has 0 unspecified atom stereocenters. The molecule has 4 rings (SSSR count). The zero-order valence-electron chi connectivity index (χ0n) is 19.7. The molecule has 0 bridgehead atoms. The van der Waals surface area contributed by atoms with E-state index >= 15 is 0 Å². The smallest absolute Gasteiger partial charge is 0.187 e. The lowest BCUT2D eigenvalue weighted by Gasteiger charge is -2.36. The summed E-state index contributed by atoms with van der Waals surface area (Å²) in [5.41, 5.74) is 3.62. The second-order valence-corrected chi connectivity index (χ2v) is 10.3. The van der Waals surface area contributed by atoms with Gasteiger partial charge in [-0.2, -0.15) is 0 Å². The number of allylic oxidation sites excluding steroid dienone is 1. The van der Waals surface area contributed by atoms with Gasteiger partial charge in [-0.3, -0.25) is 4.79 Å². The van der Waals surface area contributed by atoms with Crippen LogP contribution in [0, 0.1) is 0 Å². The zero-order chi connectivity index (χ0) is 23.6. The monoisotopic (exact) mass is 466 g/mol. The van der Waals surface area contributed by atoms with Crippen molar-refractivity contribution in [1.82, 2.24) is 4.90 Å². The van der Waals surface area contributed by atoms with Crippen LogP contribution >= 0.6 is 11.6 Å². The van der Waals surface area contributed by atoms with Crippen molar-refractivity contribution in [2.24, 2.45) is 5.16 Å². The number of carbonyl (C=O) groups is 1. The molecule has 1 spiro atoms. The van der Waals surface area contributed by atoms with E-state index in [9.17, 15) is 4.79 Å². The third-order valence-electron chi connectivity index (χ3n) is 6.50. The third kappa shape index (κ3) is 5.25. The SMILES string of the molecule is COc1cc(C2=NOC3(CCN(C=CC(=O)c4ccc(C(C)(C)C)cc4)CC3)C2)ccc1Cl. The van der Waals surface area contributed by atoms with Crippen LogP contribution in [0.15, 0.2) is 59.9 Å². The Hall–Kier alpha value is -2.79. The van der Waals surface area contributed by atoms with Gasteiger partial charge in [0, 0.05) is 55.8 Å². The molecule has 0 aromatic heterocycles. The number of hydrogen-bond donors (Lipinski definition) is 0. The van der Waals surface area contributed by atoms with E-state index in [1.165, 1.54) is 5.56 Å². The number of ketones is 1. The Morgan fingerprint density at radius 3 is 2.48 bits per heavy atom. The molecule has 6 heteroatoms. The lowest BCUT2D eigenvalue weighted by Crippen LogP contribution is -2.42. The maximum absolute atomic E-state index is 12.6. The average molecular weight is 467 g/mol. The molecule has 0 aliphatic carbocycles. The highest BCUT2D eigenvalue weighted by molar-refractivity contribution is 6.32. The number of likely N-dealkylation sites (tertiary alicyclic amines) is 1. The van der Waals surface area contributed by atoms with E-state index in [2.05, 4.69) is 30.8 Å². The summed E-state index contributed by atoms with van der Waals surface area (Å²) >= 11 is 6.15. The summed E-state index contributed by atoms with van der Waals surface area (Å²) in [7, 11) is 1.61. The first-order chi connectivity index (χ1) is 15.7. The summed E-state index contributed by atoms with van der Waals surface area (Å²) in [6.07, 6.45) is 6.04. The van der Waals surface area contributed by atoms with E-state index < -0.39 is 0 Å². The van der Waals surface area contributed by atoms with Crippen molar-refractivity contribution in [1.29, 1.82) is 0 Å². The Kier molecular flexibility index (Phi) is 6.53. The molecule has 2 aliphatic rings. The second kappa shape index (κ2) is 9.22. The predicted molar refractivity (Wildman–Crippen MR) is 132 cm³/mol. The molecule has 2 aliphatic heterocycles. The number of benzene rings is 2. The maximum atomic E-state index is 12.6. The number of methoxy groups -OCH3 is 1. The van der Waals surface area contributed by atoms with Crippen molar-refractivity contribution < 1.29 is 14.4 Å². The first kappa shape index (κ1) is 23.4. The topological polar surface area (TPSA) is 51.1 Å². The summed E-state index contributed by atoms with van der Waals surface area (Å²) in [5, 5.41) is 4.96. The van der Waals surface area contributed by atoms with Crippen LogP contribution in [0.1, 0.15) is 61.5 Å². The highest BCUT2D eigenvalue weighted by Crippen LogP contribution is 2.37. The van der Waals surface area contributed by atoms with E-state index in [0.29, 0.717) is 16.3 Å². The van der Waals surface area contributed by atoms with Gasteiger partial charge in [0.2, 0.25) is 0 Å². The molecule has 0 atom stereocenters. The number of oxime groups is 1. The Morgan fingerprint density at radius 1 is 1.15 bits per heavy atom. The van der Waals surface area contributed by atoms with Crippen LogP contribution < -0.4 is 4.74 Å². The summed E-state index contributed by atoms with van der Waals surface area (Å²) < 4.78 is 5.33. The molecule has 5 nitrogen and oxygen atoms in total. The van der Waals surface area contributed by atoms with Crippen LogP contribution in [0.25, 0.3) is 0 Å². The molecule has 1 fully saturated rings. The van der Waals surface area contributed by atoms with Crippen LogP contribution in [-0.4, -0.2) is 42.2 Å². The average Bonchev–Trinajstić information content (AvgIpc) is 3.22. The molecule has 0 radical (unpaired) electrons. The van der Waals surface area contributed by atoms with Crippen molar-refractivity contribution in [2.75, 3.05) is 20.2 Å². The molecule has 2 heterocycles. The number of halogens is 1. The zero-order valence-corrected chi connectivity index (χ0v) is 20.5. The minimum absolute atomic E-state index is 0.0233. The number of nitrogens with zero attached hydrogens (tertiary/aromatic N) is 2. The molecule has 33 heavy (non-hydrogen) atoms. The van der Waals surface area contributed by atoms with Gasteiger partial charge in [-0.05, 0) is 23.1 Å². The van der Waals surface area contributed by atoms with Gasteiger partial charge in [0.25, 0.3) is 0 Å². The summed E-state index contributed by atoms with van der Waals surface area (Å²) in [4.78, 5) is 20.7. The minimum Gasteiger partial charge on any atom is -0.495 e. The third-order valence-corrected chi connectivity index (χ3v) is 6.82. The van der Waals surface area contributed by atoms with Gasteiger partial charge in [0.1, 0.15) is 11.4 Å². The van der Waals surface area contributed by atoms with Crippen molar-refractivity contribution >= 4 is 23.1 Å². The van der Waals surface area contributed by atoms with Crippen LogP contribution in [-0.2, 0) is 10.3 Å². The van der Waals surface area contributed by atoms with Crippen molar-refractivity contribution in [3.05, 3.63) is 76.5 Å². The molecular formula is C27H31ClN2O3. The molecular weight excluding hydrogens is 436 g/mol. The fourth-order valence-corrected chi connectivity index (χ4v) is 4.46. The van der Waals surface area contributed by atoms with E-state index in [4.69, 9.17) is 21.2 Å². The molecule has 0 amide bonds. The van der Waals surface area contributed by atoms with Gasteiger partial charge < -0.3 is 14.5 Å². The van der Waals surface area contributed by atoms with E-state index in [1.807, 2.05) is 48.7 Å². The maximum Gasteiger partial charge on any atom is 0.187 e. The Morgan fingerprint density at radius 2 is 1.85 bits per heavy atom. The van der Waals surface area contributed by atoms with Crippen LogP contribution in [0.3, 0.4) is 0 Å². The summed E-state index contributed by atoms with van der Waals surface area (Å²) in [6.45, 7) is 8.14. The van der Waals surface area contributed by atoms with E-state index in [0.717, 1.165) is 43.6 Å². The highest BCUT2D eigenvalue weighted by Gasteiger charge is 2.42. The van der Waals surface area contributed by atoms with Gasteiger partial charge >= 0.3 is 0 Å². The number of ether oxygens (including phenoxy) is 1. The fraction of sp³-hybridized carbons (Fsp3) is 0.407. The number of piperidine rings is 1. The van der Waals surface area contributed by atoms with Crippen LogP contribution in [0.5, 0.6) is 5.75 Å². The van der Waals surface area contributed by atoms with Gasteiger partial charge in [0.15, 0.2) is 5.78 Å². The number of hydrogen-bond acceptors (Lipinski definition) is 5. The molecule has 2 aromatic rings. The normalized spacial score (nSPS) is 17.8. The Labute approximate surface area is 201 Å². The highest BCUT2D eigenvalue weighted by atomic mass is 35.5.